The van der Waals surface area contributed by atoms with E-state index in [1.54, 1.807) is 6.92 Å². The number of esters is 2. The summed E-state index contributed by atoms with van der Waals surface area (Å²) in [4.78, 5) is 57.7. The van der Waals surface area contributed by atoms with E-state index < -0.39 is 64.5 Å². The number of methoxy groups -OCH3 is 1. The Morgan fingerprint density at radius 2 is 0.933 bits per heavy atom. The lowest BCUT2D eigenvalue weighted by Gasteiger charge is -2.49. The lowest BCUT2D eigenvalue weighted by Crippen LogP contribution is -2.55. The quantitative estimate of drug-likeness (QED) is 0.0347. The number of unbranched alkanes of at least 4 members (excludes halogenated alkanes) is 38. The van der Waals surface area contributed by atoms with Crippen molar-refractivity contribution in [3.8, 4) is 0 Å². The monoisotopic (exact) mass is 1050 g/mol. The molecule has 2 aliphatic carbocycles. The minimum Gasteiger partial charge on any atom is -0.465 e. The minimum atomic E-state index is -1.63. The Kier molecular flexibility index (Phi) is 32.2. The minimum absolute atomic E-state index is 0.0195. The molecule has 0 aromatic heterocycles. The summed E-state index contributed by atoms with van der Waals surface area (Å²) in [5.74, 6) is -6.66. The van der Waals surface area contributed by atoms with Crippen LogP contribution in [0.3, 0.4) is 0 Å². The first-order chi connectivity index (χ1) is 36.4. The Labute approximate surface area is 459 Å². The van der Waals surface area contributed by atoms with Crippen molar-refractivity contribution in [1.29, 1.82) is 0 Å². The van der Waals surface area contributed by atoms with Crippen LogP contribution in [0.2, 0.25) is 0 Å². The van der Waals surface area contributed by atoms with E-state index >= 15 is 4.79 Å². The molecular formula is C66H116O9. The van der Waals surface area contributed by atoms with Crippen molar-refractivity contribution in [3.05, 3.63) is 11.1 Å². The molecule has 2 aliphatic heterocycles. The van der Waals surface area contributed by atoms with E-state index in [9.17, 15) is 24.6 Å². The maximum atomic E-state index is 15.3. The molecule has 4 rings (SSSR count). The number of rotatable bonds is 47. The normalized spacial score (nSPS) is 26.3. The van der Waals surface area contributed by atoms with Gasteiger partial charge in [0.25, 0.3) is 0 Å². The highest BCUT2D eigenvalue weighted by atomic mass is 16.7. The molecule has 4 aliphatic rings. The molecule has 8 atom stereocenters. The van der Waals surface area contributed by atoms with E-state index in [4.69, 9.17) is 14.2 Å². The number of fused-ring (bicyclic) bond motifs is 2. The zero-order valence-electron chi connectivity index (χ0n) is 49.4. The predicted octanol–water partition coefficient (Wildman–Crippen LogP) is 17.6. The van der Waals surface area contributed by atoms with Crippen LogP contribution in [-0.2, 0) is 33.4 Å². The van der Waals surface area contributed by atoms with Crippen LogP contribution < -0.4 is 0 Å². The molecule has 9 heteroatoms. The van der Waals surface area contributed by atoms with Gasteiger partial charge in [0.15, 0.2) is 11.6 Å². The van der Waals surface area contributed by atoms with Crippen LogP contribution in [0.1, 0.15) is 329 Å². The number of ketones is 2. The third kappa shape index (κ3) is 21.8. The van der Waals surface area contributed by atoms with Crippen LogP contribution in [-0.4, -0.2) is 63.9 Å². The summed E-state index contributed by atoms with van der Waals surface area (Å²) in [5, 5.41) is 24.8. The molecule has 0 aromatic carbocycles. The fraction of sp³-hybridized carbons (Fsp3) is 0.909. The molecule has 2 heterocycles. The first kappa shape index (κ1) is 65.4. The van der Waals surface area contributed by atoms with E-state index in [1.807, 2.05) is 0 Å². The van der Waals surface area contributed by atoms with Crippen LogP contribution in [0, 0.1) is 23.7 Å². The fourth-order valence-corrected chi connectivity index (χ4v) is 14.1. The third-order valence-electron chi connectivity index (χ3n) is 18.5. The summed E-state index contributed by atoms with van der Waals surface area (Å²) < 4.78 is 18.2. The number of aliphatic hydroxyl groups is 2. The molecule has 434 valence electrons. The molecule has 0 unspecified atom stereocenters. The van der Waals surface area contributed by atoms with Crippen molar-refractivity contribution in [2.45, 2.75) is 353 Å². The summed E-state index contributed by atoms with van der Waals surface area (Å²) in [7, 11) is 1.27. The van der Waals surface area contributed by atoms with Crippen LogP contribution in [0.5, 0.6) is 0 Å². The highest BCUT2D eigenvalue weighted by molar-refractivity contribution is 6.21. The molecule has 0 aromatic rings. The summed E-state index contributed by atoms with van der Waals surface area (Å²) in [6, 6.07) is 0. The molecule has 2 saturated heterocycles. The molecule has 0 radical (unpaired) electrons. The SMILES string of the molecule is CCCCCCCCCCCCCCCCC(=O)[C@@H]1C[C@](C)(O)[C@H](CCCCCCCCCCCCCCC)C2=C(C(=O)OC)C(=O)[C@H]([C@]34CC(=O)O[C@H]3C[C@](O)(CCCCCCCCCCCCCCCC)O4)[C@H]21. The zero-order valence-corrected chi connectivity index (χ0v) is 49.4. The predicted molar refractivity (Wildman–Crippen MR) is 306 cm³/mol. The number of ether oxygens (including phenoxy) is 3. The lowest BCUT2D eigenvalue weighted by atomic mass is 9.57. The number of carbonyl (C=O) groups excluding carboxylic acids is 4. The van der Waals surface area contributed by atoms with Gasteiger partial charge in [-0.1, -0.05) is 271 Å². The summed E-state index contributed by atoms with van der Waals surface area (Å²) in [6.07, 6.45) is 50.0. The zero-order chi connectivity index (χ0) is 54.2. The summed E-state index contributed by atoms with van der Waals surface area (Å²) in [6.45, 7) is 8.57. The first-order valence-corrected chi connectivity index (χ1v) is 32.6. The van der Waals surface area contributed by atoms with Crippen molar-refractivity contribution in [1.82, 2.24) is 0 Å². The standard InChI is InChI=1S/C66H116O9/c1-6-9-12-15-18-21-24-27-30-33-36-39-42-45-48-55(67)53-50-64(4,71)54(47-44-41-38-35-32-29-26-23-20-17-14-11-8-3)59-58(53)61(62(69)60(59)63(70)73-5)66-52-57(68)74-56(66)51-65(72,75-66)49-46-43-40-37-34-31-28-25-22-19-16-13-10-7-2/h53-54,56,58,61,71-72H,6-52H2,1-5H3/t53-,54+,56-,58-,61+,64-,65-,66-/m0/s1. The van der Waals surface area contributed by atoms with Gasteiger partial charge >= 0.3 is 11.9 Å². The van der Waals surface area contributed by atoms with Crippen molar-refractivity contribution < 1.29 is 43.6 Å². The van der Waals surface area contributed by atoms with E-state index in [0.717, 1.165) is 77.0 Å². The Morgan fingerprint density at radius 3 is 1.35 bits per heavy atom. The van der Waals surface area contributed by atoms with E-state index in [-0.39, 0.29) is 30.6 Å². The second kappa shape index (κ2) is 37.0. The second-order valence-corrected chi connectivity index (χ2v) is 25.0. The largest absolute Gasteiger partial charge is 0.465 e. The van der Waals surface area contributed by atoms with E-state index in [0.29, 0.717) is 24.8 Å². The van der Waals surface area contributed by atoms with Crippen LogP contribution >= 0.6 is 0 Å². The Bertz CT molecular complexity index is 1640. The molecular weight excluding hydrogens is 937 g/mol. The molecule has 0 amide bonds. The highest BCUT2D eigenvalue weighted by Gasteiger charge is 2.72. The van der Waals surface area contributed by atoms with Crippen molar-refractivity contribution in [2.75, 3.05) is 7.11 Å². The molecule has 1 saturated carbocycles. The van der Waals surface area contributed by atoms with Crippen LogP contribution in [0.15, 0.2) is 11.1 Å². The van der Waals surface area contributed by atoms with Crippen molar-refractivity contribution in [2.24, 2.45) is 23.7 Å². The van der Waals surface area contributed by atoms with Gasteiger partial charge in [-0.2, -0.15) is 0 Å². The smallest absolute Gasteiger partial charge is 0.341 e. The average molecular weight is 1050 g/mol. The summed E-state index contributed by atoms with van der Waals surface area (Å²) >= 11 is 0. The van der Waals surface area contributed by atoms with E-state index in [2.05, 4.69) is 20.8 Å². The Hall–Kier alpha value is -2.10. The summed E-state index contributed by atoms with van der Waals surface area (Å²) in [5.41, 5.74) is -2.51. The number of Topliss-reactive ketones (excluding diaryl/α,β-unsaturated/α-hetero) is 2. The van der Waals surface area contributed by atoms with Crippen molar-refractivity contribution >= 4 is 23.5 Å². The van der Waals surface area contributed by atoms with E-state index in [1.165, 1.54) is 193 Å². The fourth-order valence-electron chi connectivity index (χ4n) is 14.1. The third-order valence-corrected chi connectivity index (χ3v) is 18.5. The lowest BCUT2D eigenvalue weighted by molar-refractivity contribution is -0.242. The molecule has 0 bridgehead atoms. The number of hydrogen-bond acceptors (Lipinski definition) is 9. The van der Waals surface area contributed by atoms with Crippen LogP contribution in [0.25, 0.3) is 0 Å². The number of carbonyl (C=O) groups is 4. The van der Waals surface area contributed by atoms with Gasteiger partial charge in [-0.05, 0) is 38.2 Å². The molecule has 9 nitrogen and oxygen atoms in total. The van der Waals surface area contributed by atoms with Gasteiger partial charge in [-0.3, -0.25) is 14.4 Å². The molecule has 2 N–H and O–H groups in total. The van der Waals surface area contributed by atoms with Gasteiger partial charge < -0.3 is 24.4 Å². The Balaban J connectivity index is 1.43. The maximum absolute atomic E-state index is 15.3. The topological polar surface area (TPSA) is 136 Å². The van der Waals surface area contributed by atoms with Crippen molar-refractivity contribution in [3.63, 3.8) is 0 Å². The molecule has 75 heavy (non-hydrogen) atoms. The first-order valence-electron chi connectivity index (χ1n) is 32.6. The Morgan fingerprint density at radius 1 is 0.547 bits per heavy atom. The van der Waals surface area contributed by atoms with Crippen LogP contribution in [0.4, 0.5) is 0 Å². The number of hydrogen-bond donors (Lipinski definition) is 2. The van der Waals surface area contributed by atoms with Gasteiger partial charge in [0, 0.05) is 37.0 Å². The molecule has 3 fully saturated rings. The van der Waals surface area contributed by atoms with Gasteiger partial charge in [-0.15, -0.1) is 0 Å². The average Bonchev–Trinajstić information content (AvgIpc) is 3.96. The van der Waals surface area contributed by atoms with Gasteiger partial charge in [0.05, 0.1) is 25.0 Å². The van der Waals surface area contributed by atoms with Gasteiger partial charge in [0.2, 0.25) is 0 Å². The highest BCUT2D eigenvalue weighted by Crippen LogP contribution is 2.62. The van der Waals surface area contributed by atoms with Gasteiger partial charge in [0.1, 0.15) is 23.1 Å². The molecule has 0 spiro atoms. The van der Waals surface area contributed by atoms with Gasteiger partial charge in [-0.25, -0.2) is 4.79 Å². The maximum Gasteiger partial charge on any atom is 0.341 e. The second-order valence-electron chi connectivity index (χ2n) is 25.0.